The summed E-state index contributed by atoms with van der Waals surface area (Å²) in [6, 6.07) is 10.2. The van der Waals surface area contributed by atoms with Gasteiger partial charge in [0.15, 0.2) is 11.5 Å². The summed E-state index contributed by atoms with van der Waals surface area (Å²) < 4.78 is 23.3. The van der Waals surface area contributed by atoms with Crippen molar-refractivity contribution in [1.82, 2.24) is 15.4 Å². The van der Waals surface area contributed by atoms with Gasteiger partial charge in [0.1, 0.15) is 6.54 Å². The SMILES string of the molecule is CCOc1cc(C(=O)NNC(=O)Cn2cc(C(=O)OC)c3ccccc32)cc(OCC)c1OCC. The minimum atomic E-state index is -0.559. The van der Waals surface area contributed by atoms with Gasteiger partial charge in [-0.3, -0.25) is 20.4 Å². The van der Waals surface area contributed by atoms with Crippen LogP contribution in [-0.2, 0) is 16.1 Å². The van der Waals surface area contributed by atoms with Crippen molar-refractivity contribution in [3.05, 3.63) is 53.7 Å². The Hall–Kier alpha value is -4.21. The minimum absolute atomic E-state index is 0.130. The van der Waals surface area contributed by atoms with Crippen molar-refractivity contribution < 1.29 is 33.3 Å². The van der Waals surface area contributed by atoms with Crippen molar-refractivity contribution in [2.45, 2.75) is 27.3 Å². The number of carbonyl (C=O) groups is 3. The molecule has 3 rings (SSSR count). The Morgan fingerprint density at radius 1 is 0.886 bits per heavy atom. The molecular formula is C25H29N3O7. The maximum atomic E-state index is 12.8. The van der Waals surface area contributed by atoms with Crippen molar-refractivity contribution in [2.24, 2.45) is 0 Å². The summed E-state index contributed by atoms with van der Waals surface area (Å²) in [6.07, 6.45) is 1.55. The molecule has 0 bridgehead atoms. The van der Waals surface area contributed by atoms with E-state index >= 15 is 0 Å². The fraction of sp³-hybridized carbons (Fsp3) is 0.320. The number of esters is 1. The number of ether oxygens (including phenoxy) is 4. The van der Waals surface area contributed by atoms with Gasteiger partial charge in [-0.1, -0.05) is 18.2 Å². The summed E-state index contributed by atoms with van der Waals surface area (Å²) in [6.45, 7) is 6.48. The van der Waals surface area contributed by atoms with Gasteiger partial charge in [0.2, 0.25) is 5.75 Å². The van der Waals surface area contributed by atoms with E-state index in [4.69, 9.17) is 18.9 Å². The Morgan fingerprint density at radius 2 is 1.51 bits per heavy atom. The standard InChI is InChI=1S/C25H29N3O7/c1-5-33-20-12-16(13-21(34-6-2)23(20)35-7-3)24(30)27-26-22(29)15-28-14-18(25(31)32-4)17-10-8-9-11-19(17)28/h8-14H,5-7,15H2,1-4H3,(H,26,29)(H,27,30). The first-order valence-corrected chi connectivity index (χ1v) is 11.2. The lowest BCUT2D eigenvalue weighted by atomic mass is 10.1. The lowest BCUT2D eigenvalue weighted by Gasteiger charge is -2.17. The monoisotopic (exact) mass is 483 g/mol. The Balaban J connectivity index is 1.75. The number of para-hydroxylation sites is 1. The molecule has 0 atom stereocenters. The number of hydrogen-bond acceptors (Lipinski definition) is 7. The maximum Gasteiger partial charge on any atom is 0.340 e. The molecule has 10 heteroatoms. The lowest BCUT2D eigenvalue weighted by molar-refractivity contribution is -0.122. The fourth-order valence-electron chi connectivity index (χ4n) is 3.56. The number of rotatable bonds is 10. The number of methoxy groups -OCH3 is 1. The minimum Gasteiger partial charge on any atom is -0.490 e. The van der Waals surface area contributed by atoms with Crippen LogP contribution in [0.3, 0.4) is 0 Å². The molecule has 0 fully saturated rings. The van der Waals surface area contributed by atoms with Gasteiger partial charge in [0.25, 0.3) is 11.8 Å². The van der Waals surface area contributed by atoms with E-state index in [1.807, 2.05) is 20.8 Å². The first-order chi connectivity index (χ1) is 16.9. The third-order valence-corrected chi connectivity index (χ3v) is 4.99. The topological polar surface area (TPSA) is 117 Å². The summed E-state index contributed by atoms with van der Waals surface area (Å²) in [5.41, 5.74) is 6.06. The van der Waals surface area contributed by atoms with Gasteiger partial charge in [-0.15, -0.1) is 0 Å². The highest BCUT2D eigenvalue weighted by Crippen LogP contribution is 2.39. The molecule has 186 valence electrons. The summed E-state index contributed by atoms with van der Waals surface area (Å²) in [5.74, 6) is -0.402. The predicted molar refractivity (Wildman–Crippen MR) is 129 cm³/mol. The van der Waals surface area contributed by atoms with Crippen molar-refractivity contribution >= 4 is 28.7 Å². The third-order valence-electron chi connectivity index (χ3n) is 4.99. The highest BCUT2D eigenvalue weighted by atomic mass is 16.5. The summed E-state index contributed by atoms with van der Waals surface area (Å²) in [7, 11) is 1.30. The molecule has 2 aromatic carbocycles. The zero-order valence-electron chi connectivity index (χ0n) is 20.2. The quantitative estimate of drug-likeness (QED) is 0.336. The third kappa shape index (κ3) is 5.84. The highest BCUT2D eigenvalue weighted by Gasteiger charge is 2.20. The second-order valence-electron chi connectivity index (χ2n) is 7.28. The molecule has 0 spiro atoms. The molecule has 0 saturated heterocycles. The lowest BCUT2D eigenvalue weighted by Crippen LogP contribution is -2.43. The predicted octanol–water partition coefficient (Wildman–Crippen LogP) is 3.09. The van der Waals surface area contributed by atoms with Crippen LogP contribution < -0.4 is 25.1 Å². The molecule has 0 aliphatic rings. The molecule has 1 aromatic heterocycles. The average Bonchev–Trinajstić information content (AvgIpc) is 3.22. The Morgan fingerprint density at radius 3 is 2.11 bits per heavy atom. The van der Waals surface area contributed by atoms with E-state index in [0.717, 1.165) is 0 Å². The zero-order chi connectivity index (χ0) is 25.4. The first kappa shape index (κ1) is 25.4. The van der Waals surface area contributed by atoms with Crippen molar-refractivity contribution in [1.29, 1.82) is 0 Å². The van der Waals surface area contributed by atoms with Crippen LogP contribution in [0.1, 0.15) is 41.5 Å². The summed E-state index contributed by atoms with van der Waals surface area (Å²) >= 11 is 0. The van der Waals surface area contributed by atoms with Crippen molar-refractivity contribution in [3.8, 4) is 17.2 Å². The zero-order valence-corrected chi connectivity index (χ0v) is 20.2. The summed E-state index contributed by atoms with van der Waals surface area (Å²) in [4.78, 5) is 37.5. The van der Waals surface area contributed by atoms with E-state index in [1.165, 1.54) is 19.2 Å². The van der Waals surface area contributed by atoms with Crippen LogP contribution in [0, 0.1) is 0 Å². The number of aromatic nitrogens is 1. The van der Waals surface area contributed by atoms with Gasteiger partial charge in [0.05, 0.1) is 32.5 Å². The molecule has 3 aromatic rings. The molecule has 2 N–H and O–H groups in total. The van der Waals surface area contributed by atoms with Crippen LogP contribution in [0.15, 0.2) is 42.6 Å². The second kappa shape index (κ2) is 11.8. The van der Waals surface area contributed by atoms with Crippen molar-refractivity contribution in [2.75, 3.05) is 26.9 Å². The van der Waals surface area contributed by atoms with Crippen molar-refractivity contribution in [3.63, 3.8) is 0 Å². The molecule has 0 unspecified atom stereocenters. The number of hydrazine groups is 1. The maximum absolute atomic E-state index is 12.8. The molecule has 10 nitrogen and oxygen atoms in total. The van der Waals surface area contributed by atoms with E-state index in [1.54, 1.807) is 35.0 Å². The van der Waals surface area contributed by atoms with Crippen LogP contribution >= 0.6 is 0 Å². The van der Waals surface area contributed by atoms with Gasteiger partial charge >= 0.3 is 5.97 Å². The molecule has 0 aliphatic carbocycles. The largest absolute Gasteiger partial charge is 0.490 e. The molecule has 2 amide bonds. The van der Waals surface area contributed by atoms with Gasteiger partial charge in [-0.05, 0) is 39.0 Å². The Kier molecular flexibility index (Phi) is 8.55. The van der Waals surface area contributed by atoms with Gasteiger partial charge in [0, 0.05) is 22.7 Å². The smallest absolute Gasteiger partial charge is 0.340 e. The van der Waals surface area contributed by atoms with E-state index in [0.29, 0.717) is 53.5 Å². The average molecular weight is 484 g/mol. The molecule has 0 saturated carbocycles. The fourth-order valence-corrected chi connectivity index (χ4v) is 3.56. The van der Waals surface area contributed by atoms with Gasteiger partial charge < -0.3 is 23.5 Å². The normalized spacial score (nSPS) is 10.5. The van der Waals surface area contributed by atoms with Gasteiger partial charge in [-0.2, -0.15) is 0 Å². The van der Waals surface area contributed by atoms with Gasteiger partial charge in [-0.25, -0.2) is 4.79 Å². The summed E-state index contributed by atoms with van der Waals surface area (Å²) in [5, 5.41) is 0.664. The van der Waals surface area contributed by atoms with E-state index in [9.17, 15) is 14.4 Å². The van der Waals surface area contributed by atoms with E-state index < -0.39 is 17.8 Å². The van der Waals surface area contributed by atoms with Crippen LogP contribution in [0.4, 0.5) is 0 Å². The number of nitrogens with one attached hydrogen (secondary N) is 2. The van der Waals surface area contributed by atoms with E-state index in [2.05, 4.69) is 10.9 Å². The Bertz CT molecular complexity index is 1190. The number of carbonyl (C=O) groups excluding carboxylic acids is 3. The molecule has 1 heterocycles. The van der Waals surface area contributed by atoms with E-state index in [-0.39, 0.29) is 12.1 Å². The van der Waals surface area contributed by atoms with Crippen LogP contribution in [0.5, 0.6) is 17.2 Å². The van der Waals surface area contributed by atoms with Crippen LogP contribution in [0.25, 0.3) is 10.9 Å². The number of benzene rings is 2. The Labute approximate surface area is 203 Å². The molecule has 35 heavy (non-hydrogen) atoms. The first-order valence-electron chi connectivity index (χ1n) is 11.2. The number of hydrogen-bond donors (Lipinski definition) is 2. The molecular weight excluding hydrogens is 454 g/mol. The number of amides is 2. The second-order valence-corrected chi connectivity index (χ2v) is 7.28. The van der Waals surface area contributed by atoms with Crippen LogP contribution in [0.2, 0.25) is 0 Å². The number of fused-ring (bicyclic) bond motifs is 1. The van der Waals surface area contributed by atoms with Crippen LogP contribution in [-0.4, -0.2) is 49.3 Å². The molecule has 0 radical (unpaired) electrons. The highest BCUT2D eigenvalue weighted by molar-refractivity contribution is 6.04. The molecule has 0 aliphatic heterocycles. The number of nitrogens with zero attached hydrogens (tertiary/aromatic N) is 1.